The monoisotopic (exact) mass is 315 g/mol. The molecule has 3 rings (SSSR count). The first-order valence-corrected chi connectivity index (χ1v) is 8.32. The number of carbonyl (C=O) groups excluding carboxylic acids is 1. The van der Waals surface area contributed by atoms with Crippen molar-refractivity contribution in [1.29, 1.82) is 0 Å². The van der Waals surface area contributed by atoms with Gasteiger partial charge >= 0.3 is 0 Å². The number of morpholine rings is 1. The fourth-order valence-electron chi connectivity index (χ4n) is 3.28. The minimum Gasteiger partial charge on any atom is -0.372 e. The van der Waals surface area contributed by atoms with Gasteiger partial charge in [0, 0.05) is 37.2 Å². The third-order valence-corrected chi connectivity index (χ3v) is 4.45. The van der Waals surface area contributed by atoms with Crippen LogP contribution < -0.4 is 4.90 Å². The third-order valence-electron chi connectivity index (χ3n) is 4.45. The normalized spacial score (nSPS) is 24.5. The Labute approximate surface area is 137 Å². The molecule has 124 valence electrons. The Bertz CT molecular complexity index is 600. The van der Waals surface area contributed by atoms with E-state index in [1.165, 1.54) is 5.69 Å². The molecule has 0 N–H and O–H groups in total. The van der Waals surface area contributed by atoms with E-state index in [-0.39, 0.29) is 18.1 Å². The molecule has 2 fully saturated rings. The fourth-order valence-corrected chi connectivity index (χ4v) is 3.28. The van der Waals surface area contributed by atoms with Crippen LogP contribution in [0.5, 0.6) is 0 Å². The highest BCUT2D eigenvalue weighted by atomic mass is 16.5. The van der Waals surface area contributed by atoms with E-state index in [9.17, 15) is 4.79 Å². The van der Waals surface area contributed by atoms with Crippen LogP contribution in [0, 0.1) is 12.8 Å². The van der Waals surface area contributed by atoms with Gasteiger partial charge in [-0.2, -0.15) is 0 Å². The lowest BCUT2D eigenvalue weighted by molar-refractivity contribution is -0.125. The molecule has 0 unspecified atom stereocenters. The van der Waals surface area contributed by atoms with E-state index in [2.05, 4.69) is 29.8 Å². The van der Waals surface area contributed by atoms with Gasteiger partial charge in [0.05, 0.1) is 18.8 Å². The lowest BCUT2D eigenvalue weighted by atomic mass is 10.1. The number of amides is 1. The molecule has 1 amide bonds. The molecule has 2 saturated heterocycles. The zero-order valence-electron chi connectivity index (χ0n) is 14.1. The van der Waals surface area contributed by atoms with Crippen LogP contribution in [0.1, 0.15) is 19.5 Å². The topological polar surface area (TPSA) is 45.7 Å². The molecule has 1 aromatic heterocycles. The molecule has 5 nitrogen and oxygen atoms in total. The number of aryl methyl sites for hydroxylation is 1. The number of rotatable bonds is 3. The summed E-state index contributed by atoms with van der Waals surface area (Å²) in [5, 5.41) is 0. The SMILES string of the molecule is Cc1cc(N2CCO[C@H]3CN(C(=O)/C=C/C(C)C)C[C@@H]32)ccn1. The molecule has 0 spiro atoms. The molecule has 0 bridgehead atoms. The molecule has 1 aromatic rings. The van der Waals surface area contributed by atoms with Crippen molar-refractivity contribution in [2.24, 2.45) is 5.92 Å². The van der Waals surface area contributed by atoms with Crippen molar-refractivity contribution in [3.8, 4) is 0 Å². The van der Waals surface area contributed by atoms with Crippen LogP contribution in [-0.4, -0.2) is 54.2 Å². The summed E-state index contributed by atoms with van der Waals surface area (Å²) in [5.41, 5.74) is 2.18. The van der Waals surface area contributed by atoms with Gasteiger partial charge in [-0.1, -0.05) is 19.9 Å². The Morgan fingerprint density at radius 2 is 2.26 bits per heavy atom. The highest BCUT2D eigenvalue weighted by Crippen LogP contribution is 2.28. The number of pyridine rings is 1. The third kappa shape index (κ3) is 3.55. The second-order valence-corrected chi connectivity index (χ2v) is 6.67. The van der Waals surface area contributed by atoms with E-state index >= 15 is 0 Å². The summed E-state index contributed by atoms with van der Waals surface area (Å²) in [5.74, 6) is 0.471. The van der Waals surface area contributed by atoms with Gasteiger partial charge < -0.3 is 14.5 Å². The first-order valence-electron chi connectivity index (χ1n) is 8.32. The summed E-state index contributed by atoms with van der Waals surface area (Å²) in [6.45, 7) is 9.09. The highest BCUT2D eigenvalue weighted by Gasteiger charge is 2.41. The fraction of sp³-hybridized carbons (Fsp3) is 0.556. The summed E-state index contributed by atoms with van der Waals surface area (Å²) in [6.07, 6.45) is 5.59. The smallest absolute Gasteiger partial charge is 0.246 e. The van der Waals surface area contributed by atoms with Gasteiger partial charge in [-0.05, 0) is 31.1 Å². The number of ether oxygens (including phenoxy) is 1. The quantitative estimate of drug-likeness (QED) is 0.801. The van der Waals surface area contributed by atoms with Gasteiger partial charge in [0.15, 0.2) is 0 Å². The van der Waals surface area contributed by atoms with E-state index in [0.29, 0.717) is 25.6 Å². The average Bonchev–Trinajstić information content (AvgIpc) is 2.96. The lowest BCUT2D eigenvalue weighted by Crippen LogP contribution is -2.51. The summed E-state index contributed by atoms with van der Waals surface area (Å²) in [7, 11) is 0. The van der Waals surface area contributed by atoms with Crippen molar-refractivity contribution in [3.05, 3.63) is 36.2 Å². The summed E-state index contributed by atoms with van der Waals surface area (Å²) in [6, 6.07) is 4.37. The van der Waals surface area contributed by atoms with Crippen molar-refractivity contribution in [3.63, 3.8) is 0 Å². The molecular formula is C18H25N3O2. The number of aromatic nitrogens is 1. The minimum absolute atomic E-state index is 0.0857. The van der Waals surface area contributed by atoms with E-state index in [4.69, 9.17) is 4.74 Å². The van der Waals surface area contributed by atoms with Crippen LogP contribution in [-0.2, 0) is 9.53 Å². The Morgan fingerprint density at radius 1 is 1.43 bits per heavy atom. The zero-order chi connectivity index (χ0) is 16.4. The van der Waals surface area contributed by atoms with Crippen molar-refractivity contribution < 1.29 is 9.53 Å². The standard InChI is InChI=1S/C18H25N3O2/c1-13(2)4-5-18(22)20-11-16-17(12-20)23-9-8-21(16)15-6-7-19-14(3)10-15/h4-7,10,13,16-17H,8-9,11-12H2,1-3H3/b5-4+/t16-,17-/m0/s1. The van der Waals surface area contributed by atoms with Gasteiger partial charge in [-0.15, -0.1) is 0 Å². The van der Waals surface area contributed by atoms with Crippen LogP contribution >= 0.6 is 0 Å². The number of nitrogens with zero attached hydrogens (tertiary/aromatic N) is 3. The van der Waals surface area contributed by atoms with Gasteiger partial charge in [-0.25, -0.2) is 0 Å². The van der Waals surface area contributed by atoms with Gasteiger partial charge in [-0.3, -0.25) is 9.78 Å². The maximum atomic E-state index is 12.3. The largest absolute Gasteiger partial charge is 0.372 e. The molecule has 2 atom stereocenters. The van der Waals surface area contributed by atoms with Crippen LogP contribution in [0.3, 0.4) is 0 Å². The molecule has 0 saturated carbocycles. The summed E-state index contributed by atoms with van der Waals surface area (Å²) >= 11 is 0. The summed E-state index contributed by atoms with van der Waals surface area (Å²) < 4.78 is 5.91. The van der Waals surface area contributed by atoms with Crippen LogP contribution in [0.4, 0.5) is 5.69 Å². The molecule has 2 aliphatic rings. The Hall–Kier alpha value is -1.88. The van der Waals surface area contributed by atoms with Crippen LogP contribution in [0.2, 0.25) is 0 Å². The predicted octanol–water partition coefficient (Wildman–Crippen LogP) is 2.02. The van der Waals surface area contributed by atoms with E-state index in [1.807, 2.05) is 30.2 Å². The maximum absolute atomic E-state index is 12.3. The lowest BCUT2D eigenvalue weighted by Gasteiger charge is -2.38. The van der Waals surface area contributed by atoms with Crippen molar-refractivity contribution in [1.82, 2.24) is 9.88 Å². The van der Waals surface area contributed by atoms with E-state index in [0.717, 1.165) is 12.2 Å². The van der Waals surface area contributed by atoms with Gasteiger partial charge in [0.25, 0.3) is 0 Å². The van der Waals surface area contributed by atoms with Crippen LogP contribution in [0.15, 0.2) is 30.5 Å². The summed E-state index contributed by atoms with van der Waals surface area (Å²) in [4.78, 5) is 20.9. The number of hydrogen-bond acceptors (Lipinski definition) is 4. The zero-order valence-corrected chi connectivity index (χ0v) is 14.1. The number of anilines is 1. The molecule has 3 heterocycles. The number of fused-ring (bicyclic) bond motifs is 1. The van der Waals surface area contributed by atoms with E-state index < -0.39 is 0 Å². The van der Waals surface area contributed by atoms with Gasteiger partial charge in [0.2, 0.25) is 5.91 Å². The van der Waals surface area contributed by atoms with E-state index in [1.54, 1.807) is 6.08 Å². The minimum atomic E-state index is 0.0857. The Balaban J connectivity index is 1.74. The Morgan fingerprint density at radius 3 is 3.00 bits per heavy atom. The predicted molar refractivity (Wildman–Crippen MR) is 90.4 cm³/mol. The van der Waals surface area contributed by atoms with Gasteiger partial charge in [0.1, 0.15) is 0 Å². The molecule has 0 aliphatic carbocycles. The number of carbonyl (C=O) groups is 1. The Kier molecular flexibility index (Phi) is 4.66. The molecule has 0 radical (unpaired) electrons. The second-order valence-electron chi connectivity index (χ2n) is 6.67. The molecule has 5 heteroatoms. The van der Waals surface area contributed by atoms with Crippen molar-refractivity contribution in [2.45, 2.75) is 32.9 Å². The van der Waals surface area contributed by atoms with Crippen molar-refractivity contribution in [2.75, 3.05) is 31.1 Å². The second kappa shape index (κ2) is 6.71. The first-order chi connectivity index (χ1) is 11.0. The molecular weight excluding hydrogens is 290 g/mol. The van der Waals surface area contributed by atoms with Crippen molar-refractivity contribution >= 4 is 11.6 Å². The first kappa shape index (κ1) is 16.0. The maximum Gasteiger partial charge on any atom is 0.246 e. The number of likely N-dealkylation sites (tertiary alicyclic amines) is 1. The molecule has 0 aromatic carbocycles. The average molecular weight is 315 g/mol. The van der Waals surface area contributed by atoms with Crippen LogP contribution in [0.25, 0.3) is 0 Å². The number of hydrogen-bond donors (Lipinski definition) is 0. The number of allylic oxidation sites excluding steroid dienone is 1. The highest BCUT2D eigenvalue weighted by molar-refractivity contribution is 5.88. The molecule has 23 heavy (non-hydrogen) atoms. The molecule has 2 aliphatic heterocycles.